The number of benzene rings is 7. The second-order valence-corrected chi connectivity index (χ2v) is 34.8. The number of fused-ring (bicyclic) bond motifs is 20. The van der Waals surface area contributed by atoms with Crippen LogP contribution in [0.3, 0.4) is 0 Å². The molecule has 734 valence electrons. The van der Waals surface area contributed by atoms with Crippen molar-refractivity contribution >= 4 is 47.3 Å². The Morgan fingerprint density at radius 3 is 0.738 bits per heavy atom. The van der Waals surface area contributed by atoms with E-state index in [-0.39, 0.29) is 118 Å². The number of aromatic nitrogens is 4. The number of carbonyl (C=O) groups is 8. The van der Waals surface area contributed by atoms with E-state index in [1.807, 2.05) is 54.6 Å². The highest BCUT2D eigenvalue weighted by molar-refractivity contribution is 6.02. The third-order valence-corrected chi connectivity index (χ3v) is 25.9. The Morgan fingerprint density at radius 1 is 0.291 bits per heavy atom. The highest BCUT2D eigenvalue weighted by Gasteiger charge is 2.42. The molecule has 0 radical (unpaired) electrons. The normalized spacial score (nSPS) is 17.0. The number of rotatable bonds is 21. The van der Waals surface area contributed by atoms with Crippen LogP contribution in [0, 0.1) is 69.8 Å². The first kappa shape index (κ1) is 98.5. The SMILES string of the molecule is O=C(NCc1c(F)cc(F)cc1F)c1cn2c(c(O)c1=O)C(=O)N1CCCC2CC1.O=C(NCc1c(F)cc(F)cc1F)c1cn2c(c(OCc3ccccc3)c1=O)C(=O)N1CCCC2CC1.O=C(NCc1c(F)cc(F)cc1F)c1cn2c(c(OCc3ccccc3)c1=O)C(=O)N1CCCC2CC1.O=C(NCc1c(F)cc(F)cc1F)c1cn2c(c(OCc3ccccc3)c1=O)C(=O)N1CCCC2CC1. The molecular formula is C101H90F12N12O16. The first-order valence-corrected chi connectivity index (χ1v) is 45.5. The van der Waals surface area contributed by atoms with E-state index >= 15 is 0 Å². The summed E-state index contributed by atoms with van der Waals surface area (Å²) in [5, 5.41) is 19.6. The topological polar surface area (TPSA) is 334 Å². The fraction of sp³-hybridized carbons (Fsp3) is 0.307. The number of hydrogen-bond donors (Lipinski definition) is 5. The molecule has 4 unspecified atom stereocenters. The van der Waals surface area contributed by atoms with Crippen molar-refractivity contribution in [2.24, 2.45) is 0 Å². The van der Waals surface area contributed by atoms with Crippen molar-refractivity contribution in [3.05, 3.63) is 359 Å². The number of halogens is 12. The third kappa shape index (κ3) is 21.4. The highest BCUT2D eigenvalue weighted by Crippen LogP contribution is 2.39. The number of nitrogens with zero attached hydrogens (tertiary/aromatic N) is 8. The van der Waals surface area contributed by atoms with Gasteiger partial charge in [-0.2, -0.15) is 0 Å². The molecule has 4 fully saturated rings. The number of pyridine rings is 4. The average Bonchev–Trinajstić information content (AvgIpc) is 1.70. The number of amides is 8. The van der Waals surface area contributed by atoms with Gasteiger partial charge in [-0.05, 0) is 93.7 Å². The molecule has 7 aromatic carbocycles. The van der Waals surface area contributed by atoms with Crippen LogP contribution < -0.4 is 57.2 Å². The summed E-state index contributed by atoms with van der Waals surface area (Å²) in [6.45, 7) is 1.81. The summed E-state index contributed by atoms with van der Waals surface area (Å²) in [4.78, 5) is 164. The van der Waals surface area contributed by atoms with Gasteiger partial charge in [0.2, 0.25) is 21.7 Å². The molecule has 8 aliphatic rings. The zero-order chi connectivity index (χ0) is 99.9. The smallest absolute Gasteiger partial charge is 0.274 e. The minimum absolute atomic E-state index is 0.00188. The second-order valence-electron chi connectivity index (χ2n) is 34.8. The fourth-order valence-corrected chi connectivity index (χ4v) is 18.5. The van der Waals surface area contributed by atoms with E-state index in [1.165, 1.54) is 29.4 Å². The maximum atomic E-state index is 14.1. The lowest BCUT2D eigenvalue weighted by Crippen LogP contribution is -2.37. The Kier molecular flexibility index (Phi) is 29.9. The van der Waals surface area contributed by atoms with Crippen LogP contribution in [0.2, 0.25) is 0 Å². The summed E-state index contributed by atoms with van der Waals surface area (Å²) in [5.41, 5.74) is -4.62. The molecule has 5 N–H and O–H groups in total. The van der Waals surface area contributed by atoms with Gasteiger partial charge in [0.05, 0.1) is 0 Å². The summed E-state index contributed by atoms with van der Waals surface area (Å²) in [6, 6.07) is 30.6. The summed E-state index contributed by atoms with van der Waals surface area (Å²) < 4.78 is 189. The van der Waals surface area contributed by atoms with E-state index < -0.39 is 181 Å². The number of ether oxygens (including phenoxy) is 3. The number of nitrogens with one attached hydrogen (secondary N) is 4. The van der Waals surface area contributed by atoms with Gasteiger partial charge in [0.25, 0.3) is 47.3 Å². The maximum Gasteiger partial charge on any atom is 0.274 e. The second kappa shape index (κ2) is 42.8. The van der Waals surface area contributed by atoms with Crippen molar-refractivity contribution in [2.45, 2.75) is 147 Å². The monoisotopic (exact) mass is 1950 g/mol. The first-order chi connectivity index (χ1) is 67.8. The lowest BCUT2D eigenvalue weighted by atomic mass is 10.1. The molecule has 0 saturated carbocycles. The summed E-state index contributed by atoms with van der Waals surface area (Å²) >= 11 is 0. The minimum Gasteiger partial charge on any atom is -0.503 e. The predicted octanol–water partition coefficient (Wildman–Crippen LogP) is 13.9. The van der Waals surface area contributed by atoms with Crippen molar-refractivity contribution in [2.75, 3.05) is 52.4 Å². The molecule has 28 nitrogen and oxygen atoms in total. The van der Waals surface area contributed by atoms with E-state index in [0.29, 0.717) is 133 Å². The molecule has 19 rings (SSSR count). The van der Waals surface area contributed by atoms with Crippen LogP contribution in [-0.2, 0) is 46.0 Å². The van der Waals surface area contributed by atoms with Crippen molar-refractivity contribution in [3.8, 4) is 23.0 Å². The van der Waals surface area contributed by atoms with Crippen molar-refractivity contribution < 1.29 is 110 Å². The molecule has 4 atom stereocenters. The molecule has 4 saturated heterocycles. The zero-order valence-electron chi connectivity index (χ0n) is 75.2. The van der Waals surface area contributed by atoms with Crippen LogP contribution in [0.1, 0.15) is 224 Å². The predicted molar refractivity (Wildman–Crippen MR) is 482 cm³/mol. The largest absolute Gasteiger partial charge is 0.503 e. The van der Waals surface area contributed by atoms with Gasteiger partial charge >= 0.3 is 0 Å². The van der Waals surface area contributed by atoms with Gasteiger partial charge in [-0.25, -0.2) is 52.7 Å². The molecule has 12 heterocycles. The molecule has 8 amide bonds. The van der Waals surface area contributed by atoms with E-state index in [0.717, 1.165) is 61.6 Å². The Morgan fingerprint density at radius 2 is 0.504 bits per heavy atom. The standard InChI is InChI=1S/3C27H24F3N3O4.C20H18F3N3O4/c3*28-17-11-21(29)19(22(30)12-17)13-31-26(35)20-14-33-18-7-4-9-32(10-8-18)27(36)23(33)25(24(20)34)37-15-16-5-2-1-3-6-16;21-10-6-14(22)12(15(23)7-10)8-24-19(29)13-9-26-11-2-1-4-25(5-3-11)20(30)16(26)18(28)17(13)27/h3*1-3,5-6,11-12,14,18H,4,7-10,13,15H2,(H,31,35);6-7,9,11,28H,1-5,8H2,(H,24,29). The third-order valence-electron chi connectivity index (χ3n) is 25.9. The number of carbonyl (C=O) groups excluding carboxylic acids is 8. The van der Waals surface area contributed by atoms with E-state index in [1.54, 1.807) is 69.7 Å². The molecule has 11 aromatic rings. The molecule has 4 aromatic heterocycles. The summed E-state index contributed by atoms with van der Waals surface area (Å²) in [7, 11) is 0. The quantitative estimate of drug-likeness (QED) is 0.0417. The van der Waals surface area contributed by atoms with Gasteiger partial charge in [0, 0.05) is 198 Å². The first-order valence-electron chi connectivity index (χ1n) is 45.5. The van der Waals surface area contributed by atoms with E-state index in [9.17, 15) is 115 Å². The van der Waals surface area contributed by atoms with E-state index in [4.69, 9.17) is 14.2 Å². The van der Waals surface area contributed by atoms with Crippen LogP contribution in [0.4, 0.5) is 52.7 Å². The number of hydrogen-bond acceptors (Lipinski definition) is 16. The van der Waals surface area contributed by atoms with Gasteiger partial charge in [-0.3, -0.25) is 57.5 Å². The molecule has 40 heteroatoms. The summed E-state index contributed by atoms with van der Waals surface area (Å²) in [6.07, 6.45) is 13.7. The van der Waals surface area contributed by atoms with Crippen LogP contribution >= 0.6 is 0 Å². The Balaban J connectivity index is 0.000000136. The summed E-state index contributed by atoms with van der Waals surface area (Å²) in [5.74, 6) is -20.3. The van der Waals surface area contributed by atoms with Gasteiger partial charge in [-0.1, -0.05) is 91.0 Å². The molecule has 0 spiro atoms. The van der Waals surface area contributed by atoms with Crippen LogP contribution in [-0.4, -0.2) is 143 Å². The molecule has 0 aliphatic carbocycles. The van der Waals surface area contributed by atoms with Gasteiger partial charge < -0.3 is 78.5 Å². The van der Waals surface area contributed by atoms with Gasteiger partial charge in [-0.15, -0.1) is 0 Å². The van der Waals surface area contributed by atoms with Crippen molar-refractivity contribution in [1.29, 1.82) is 0 Å². The molecular weight excluding hydrogens is 1870 g/mol. The Hall–Kier alpha value is -15.5. The average molecular weight is 1960 g/mol. The zero-order valence-corrected chi connectivity index (χ0v) is 75.2. The molecule has 8 aliphatic heterocycles. The lowest BCUT2D eigenvalue weighted by Gasteiger charge is -2.26. The maximum absolute atomic E-state index is 14.1. The van der Waals surface area contributed by atoms with Crippen molar-refractivity contribution in [1.82, 2.24) is 59.1 Å². The minimum atomic E-state index is -1.18. The lowest BCUT2D eigenvalue weighted by molar-refractivity contribution is 0.0743. The Labute approximate surface area is 794 Å². The fourth-order valence-electron chi connectivity index (χ4n) is 18.5. The van der Waals surface area contributed by atoms with Crippen molar-refractivity contribution in [3.63, 3.8) is 0 Å². The van der Waals surface area contributed by atoms with Gasteiger partial charge in [0.1, 0.15) is 112 Å². The highest BCUT2D eigenvalue weighted by atomic mass is 19.2. The molecule has 8 bridgehead atoms. The van der Waals surface area contributed by atoms with E-state index in [2.05, 4.69) is 21.3 Å². The van der Waals surface area contributed by atoms with Crippen LogP contribution in [0.15, 0.2) is 183 Å². The molecule has 141 heavy (non-hydrogen) atoms. The van der Waals surface area contributed by atoms with Crippen LogP contribution in [0.25, 0.3) is 0 Å². The van der Waals surface area contributed by atoms with Crippen LogP contribution in [0.5, 0.6) is 23.0 Å². The number of aromatic hydroxyl groups is 1. The van der Waals surface area contributed by atoms with Gasteiger partial charge in [0.15, 0.2) is 45.8 Å². The Bertz CT molecular complexity index is 6430.